The van der Waals surface area contributed by atoms with Crippen molar-refractivity contribution < 1.29 is 19.1 Å². The van der Waals surface area contributed by atoms with Crippen molar-refractivity contribution in [2.24, 2.45) is 23.7 Å². The van der Waals surface area contributed by atoms with Crippen molar-refractivity contribution in [3.63, 3.8) is 0 Å². The van der Waals surface area contributed by atoms with E-state index in [9.17, 15) is 14.4 Å². The highest BCUT2D eigenvalue weighted by molar-refractivity contribution is 7.98. The van der Waals surface area contributed by atoms with Crippen LogP contribution in [0.4, 0.5) is 5.69 Å². The van der Waals surface area contributed by atoms with Crippen LogP contribution in [0.25, 0.3) is 0 Å². The monoisotopic (exact) mass is 511 g/mol. The molecule has 1 spiro atoms. The van der Waals surface area contributed by atoms with E-state index in [0.29, 0.717) is 24.1 Å². The van der Waals surface area contributed by atoms with Crippen molar-refractivity contribution >= 4 is 35.2 Å². The first-order valence-electron chi connectivity index (χ1n) is 13.2. The maximum atomic E-state index is 13.8. The summed E-state index contributed by atoms with van der Waals surface area (Å²) < 4.78 is 6.42. The number of anilines is 1. The summed E-state index contributed by atoms with van der Waals surface area (Å²) in [5.41, 5.74) is -0.411. The third-order valence-corrected chi connectivity index (χ3v) is 9.49. The molecule has 1 aliphatic carbocycles. The molecule has 2 bridgehead atoms. The average Bonchev–Trinajstić information content (AvgIpc) is 3.50. The fourth-order valence-electron chi connectivity index (χ4n) is 6.72. The molecule has 0 aromatic heterocycles. The van der Waals surface area contributed by atoms with Crippen molar-refractivity contribution in [2.75, 3.05) is 18.1 Å². The first kappa shape index (κ1) is 25.3. The number of rotatable bonds is 7. The molecule has 3 amide bonds. The van der Waals surface area contributed by atoms with Gasteiger partial charge in [-0.15, -0.1) is 11.8 Å². The van der Waals surface area contributed by atoms with Crippen LogP contribution < -0.4 is 10.6 Å². The number of nitrogens with zero attached hydrogens (tertiary/aromatic N) is 1. The second-order valence-corrected chi connectivity index (χ2v) is 11.7. The highest BCUT2D eigenvalue weighted by atomic mass is 32.2. The molecule has 8 atom stereocenters. The van der Waals surface area contributed by atoms with Crippen LogP contribution in [0.5, 0.6) is 0 Å². The van der Waals surface area contributed by atoms with Gasteiger partial charge in [0.2, 0.25) is 17.7 Å². The number of carbonyl (C=O) groups is 3. The van der Waals surface area contributed by atoms with Gasteiger partial charge < -0.3 is 20.3 Å². The van der Waals surface area contributed by atoms with Crippen LogP contribution in [0.15, 0.2) is 41.3 Å². The fraction of sp³-hybridized carbons (Fsp3) is 0.607. The van der Waals surface area contributed by atoms with Gasteiger partial charge in [0, 0.05) is 23.2 Å². The third-order valence-electron chi connectivity index (χ3n) is 8.76. The maximum Gasteiger partial charge on any atom is 0.246 e. The molecule has 1 saturated carbocycles. The Hall–Kier alpha value is -2.32. The molecule has 3 fully saturated rings. The Bertz CT molecular complexity index is 1080. The van der Waals surface area contributed by atoms with Gasteiger partial charge in [-0.1, -0.05) is 51.8 Å². The summed E-state index contributed by atoms with van der Waals surface area (Å²) in [6, 6.07) is 6.97. The molecule has 0 radical (unpaired) electrons. The number of hydrogen-bond acceptors (Lipinski definition) is 5. The first-order valence-corrected chi connectivity index (χ1v) is 14.5. The molecule has 3 heterocycles. The molecule has 7 nitrogen and oxygen atoms in total. The number of fused-ring (bicyclic) bond motifs is 1. The molecule has 4 aliphatic rings. The van der Waals surface area contributed by atoms with Gasteiger partial charge in [0.1, 0.15) is 11.6 Å². The van der Waals surface area contributed by atoms with Crippen molar-refractivity contribution in [1.29, 1.82) is 0 Å². The predicted molar refractivity (Wildman–Crippen MR) is 140 cm³/mol. The number of likely N-dealkylation sites (tertiary alicyclic amines) is 1. The van der Waals surface area contributed by atoms with Crippen molar-refractivity contribution in [3.8, 4) is 0 Å². The minimum absolute atomic E-state index is 0.0840. The zero-order valence-electron chi connectivity index (χ0n) is 21.5. The molecule has 5 rings (SSSR count). The number of thioether (sulfide) groups is 1. The summed E-state index contributed by atoms with van der Waals surface area (Å²) in [4.78, 5) is 43.9. The lowest BCUT2D eigenvalue weighted by Gasteiger charge is -2.38. The van der Waals surface area contributed by atoms with Crippen LogP contribution in [0.1, 0.15) is 46.5 Å². The summed E-state index contributed by atoms with van der Waals surface area (Å²) in [5, 5.41) is 6.29. The summed E-state index contributed by atoms with van der Waals surface area (Å²) in [6.07, 6.45) is 9.15. The molecule has 1 aromatic carbocycles. The van der Waals surface area contributed by atoms with Gasteiger partial charge >= 0.3 is 0 Å². The quantitative estimate of drug-likeness (QED) is 0.429. The zero-order valence-corrected chi connectivity index (χ0v) is 22.3. The van der Waals surface area contributed by atoms with Gasteiger partial charge in [0.05, 0.1) is 17.9 Å². The van der Waals surface area contributed by atoms with E-state index >= 15 is 0 Å². The van der Waals surface area contributed by atoms with E-state index in [1.54, 1.807) is 16.7 Å². The second kappa shape index (κ2) is 9.86. The summed E-state index contributed by atoms with van der Waals surface area (Å²) in [5.74, 6) is -1.03. The second-order valence-electron chi connectivity index (χ2n) is 10.8. The van der Waals surface area contributed by atoms with Gasteiger partial charge in [-0.25, -0.2) is 0 Å². The van der Waals surface area contributed by atoms with Gasteiger partial charge in [-0.05, 0) is 49.1 Å². The van der Waals surface area contributed by atoms with E-state index in [4.69, 9.17) is 4.74 Å². The van der Waals surface area contributed by atoms with E-state index < -0.39 is 29.6 Å². The van der Waals surface area contributed by atoms with Crippen LogP contribution in [0.3, 0.4) is 0 Å². The zero-order chi connectivity index (χ0) is 25.6. The molecule has 2 N–H and O–H groups in total. The number of nitrogens with one attached hydrogen (secondary N) is 2. The largest absolute Gasteiger partial charge is 0.359 e. The molecule has 36 heavy (non-hydrogen) atoms. The molecular formula is C28H37N3O4S. The maximum absolute atomic E-state index is 13.8. The van der Waals surface area contributed by atoms with E-state index in [0.717, 1.165) is 24.2 Å². The topological polar surface area (TPSA) is 87.7 Å². The lowest BCUT2D eigenvalue weighted by molar-refractivity contribution is -0.141. The lowest BCUT2D eigenvalue weighted by atomic mass is 9.73. The fourth-order valence-corrected chi connectivity index (χ4v) is 7.18. The number of amides is 3. The summed E-state index contributed by atoms with van der Waals surface area (Å²) in [7, 11) is 0. The SMILES string of the molecule is CCCN1C(=O)[C@H]2[C@H](C(=O)Nc3cccc(SC)c3)[C@H]3C=C[C@@]2(O3)[C@@H]1C(=O)N[C@@H]1CCC[C@H](C)[C@@H]1C. The number of hydrogen-bond donors (Lipinski definition) is 2. The van der Waals surface area contributed by atoms with Crippen molar-refractivity contribution in [1.82, 2.24) is 10.2 Å². The van der Waals surface area contributed by atoms with Crippen molar-refractivity contribution in [3.05, 3.63) is 36.4 Å². The van der Waals surface area contributed by atoms with Crippen LogP contribution in [-0.4, -0.2) is 59.2 Å². The summed E-state index contributed by atoms with van der Waals surface area (Å²) in [6.45, 7) is 6.89. The van der Waals surface area contributed by atoms with Crippen LogP contribution in [0, 0.1) is 23.7 Å². The van der Waals surface area contributed by atoms with E-state index in [-0.39, 0.29) is 23.8 Å². The van der Waals surface area contributed by atoms with Crippen LogP contribution in [0.2, 0.25) is 0 Å². The Kier molecular flexibility index (Phi) is 6.94. The normalized spacial score (nSPS) is 36.7. The number of carbonyl (C=O) groups excluding carboxylic acids is 3. The molecule has 3 aliphatic heterocycles. The van der Waals surface area contributed by atoms with E-state index in [1.807, 2.05) is 49.6 Å². The highest BCUT2D eigenvalue weighted by Gasteiger charge is 2.72. The Morgan fingerprint density at radius 3 is 2.78 bits per heavy atom. The Morgan fingerprint density at radius 2 is 2.03 bits per heavy atom. The highest BCUT2D eigenvalue weighted by Crippen LogP contribution is 2.55. The molecular weight excluding hydrogens is 474 g/mol. The standard InChI is InChI=1S/C28H37N3O4S/c1-5-14-31-24(26(33)30-20-11-6-8-16(2)17(20)3)28-13-12-21(35-28)22(23(28)27(31)34)25(32)29-18-9-7-10-19(15-18)36-4/h7,9-10,12-13,15-17,20-24H,5-6,8,11,14H2,1-4H3,(H,29,32)(H,30,33)/t16-,17-,20+,21+,22+,23+,24-,28-/m0/s1. The van der Waals surface area contributed by atoms with Crippen LogP contribution in [-0.2, 0) is 19.1 Å². The van der Waals surface area contributed by atoms with Crippen LogP contribution >= 0.6 is 11.8 Å². The Balaban J connectivity index is 1.41. The molecule has 0 unspecified atom stereocenters. The Morgan fingerprint density at radius 1 is 1.22 bits per heavy atom. The summed E-state index contributed by atoms with van der Waals surface area (Å²) >= 11 is 1.60. The minimum atomic E-state index is -1.10. The number of benzene rings is 1. The van der Waals surface area contributed by atoms with E-state index in [2.05, 4.69) is 24.5 Å². The first-order chi connectivity index (χ1) is 17.3. The van der Waals surface area contributed by atoms with Gasteiger partial charge in [0.15, 0.2) is 0 Å². The molecule has 1 aromatic rings. The molecule has 8 heteroatoms. The van der Waals surface area contributed by atoms with E-state index in [1.165, 1.54) is 6.42 Å². The third kappa shape index (κ3) is 4.06. The van der Waals surface area contributed by atoms with Gasteiger partial charge in [0.25, 0.3) is 0 Å². The smallest absolute Gasteiger partial charge is 0.246 e. The lowest BCUT2D eigenvalue weighted by Crippen LogP contribution is -2.57. The Labute approximate surface area is 217 Å². The molecule has 194 valence electrons. The van der Waals surface area contributed by atoms with Gasteiger partial charge in [-0.3, -0.25) is 14.4 Å². The van der Waals surface area contributed by atoms with Crippen molar-refractivity contribution in [2.45, 2.75) is 75.1 Å². The van der Waals surface area contributed by atoms with Gasteiger partial charge in [-0.2, -0.15) is 0 Å². The average molecular weight is 512 g/mol. The predicted octanol–water partition coefficient (Wildman–Crippen LogP) is 3.85. The molecule has 2 saturated heterocycles. The number of ether oxygens (including phenoxy) is 1. The minimum Gasteiger partial charge on any atom is -0.359 e.